The summed E-state index contributed by atoms with van der Waals surface area (Å²) in [6.07, 6.45) is 2.40. The molecule has 1 saturated heterocycles. The van der Waals surface area contributed by atoms with E-state index in [9.17, 15) is 4.39 Å². The van der Waals surface area contributed by atoms with E-state index in [1.54, 1.807) is 6.07 Å². The van der Waals surface area contributed by atoms with Crippen molar-refractivity contribution in [2.75, 3.05) is 32.8 Å². The Balaban J connectivity index is 1.66. The van der Waals surface area contributed by atoms with Crippen molar-refractivity contribution < 1.29 is 9.13 Å². The molecule has 3 rings (SSSR count). The SMILES string of the molecule is C=CN1CCN(C(=S)N/N=C2/CCOc3ccc(F)nc32)CC1. The van der Waals surface area contributed by atoms with Crippen molar-refractivity contribution in [1.29, 1.82) is 0 Å². The predicted octanol–water partition coefficient (Wildman–Crippen LogP) is 1.34. The molecule has 0 atom stereocenters. The number of hydrogen-bond donors (Lipinski definition) is 1. The topological polar surface area (TPSA) is 53.0 Å². The van der Waals surface area contributed by atoms with Crippen LogP contribution in [0.2, 0.25) is 0 Å². The first-order valence-electron chi connectivity index (χ1n) is 7.45. The lowest BCUT2D eigenvalue weighted by Gasteiger charge is -2.35. The van der Waals surface area contributed by atoms with Crippen molar-refractivity contribution in [2.45, 2.75) is 6.42 Å². The predicted molar refractivity (Wildman–Crippen MR) is 89.9 cm³/mol. The van der Waals surface area contributed by atoms with E-state index in [4.69, 9.17) is 17.0 Å². The number of halogens is 1. The molecule has 2 aliphatic heterocycles. The van der Waals surface area contributed by atoms with Gasteiger partial charge in [0.2, 0.25) is 5.95 Å². The molecular weight excluding hydrogens is 317 g/mol. The number of ether oxygens (including phenoxy) is 1. The van der Waals surface area contributed by atoms with Crippen molar-refractivity contribution in [3.63, 3.8) is 0 Å². The van der Waals surface area contributed by atoms with Gasteiger partial charge >= 0.3 is 0 Å². The van der Waals surface area contributed by atoms with Crippen LogP contribution in [-0.4, -0.2) is 58.4 Å². The molecule has 0 unspecified atom stereocenters. The summed E-state index contributed by atoms with van der Waals surface area (Å²) >= 11 is 5.38. The fourth-order valence-electron chi connectivity index (χ4n) is 2.52. The van der Waals surface area contributed by atoms with Crippen molar-refractivity contribution in [1.82, 2.24) is 20.2 Å². The molecule has 1 aromatic heterocycles. The summed E-state index contributed by atoms with van der Waals surface area (Å²) in [6, 6.07) is 2.85. The van der Waals surface area contributed by atoms with Gasteiger partial charge in [0.05, 0.1) is 12.3 Å². The van der Waals surface area contributed by atoms with Gasteiger partial charge in [-0.3, -0.25) is 5.43 Å². The summed E-state index contributed by atoms with van der Waals surface area (Å²) in [5.74, 6) is -0.00575. The Morgan fingerprint density at radius 2 is 2.17 bits per heavy atom. The zero-order valence-electron chi connectivity index (χ0n) is 12.7. The smallest absolute Gasteiger partial charge is 0.213 e. The average Bonchev–Trinajstić information content (AvgIpc) is 2.59. The van der Waals surface area contributed by atoms with Crippen molar-refractivity contribution >= 4 is 23.0 Å². The van der Waals surface area contributed by atoms with Gasteiger partial charge in [0.15, 0.2) is 5.11 Å². The number of fused-ring (bicyclic) bond motifs is 1. The molecule has 122 valence electrons. The molecule has 0 aromatic carbocycles. The highest BCUT2D eigenvalue weighted by atomic mass is 32.1. The first kappa shape index (κ1) is 15.7. The third-order valence-corrected chi connectivity index (χ3v) is 4.19. The minimum absolute atomic E-state index is 0.433. The summed E-state index contributed by atoms with van der Waals surface area (Å²) in [4.78, 5) is 8.07. The Hall–Kier alpha value is -2.22. The molecule has 2 aliphatic rings. The number of piperazine rings is 1. The number of rotatable bonds is 2. The summed E-state index contributed by atoms with van der Waals surface area (Å²) in [6.45, 7) is 7.65. The van der Waals surface area contributed by atoms with Crippen LogP contribution < -0.4 is 10.2 Å². The van der Waals surface area contributed by atoms with E-state index in [0.29, 0.717) is 35.3 Å². The number of thiocarbonyl (C=S) groups is 1. The second kappa shape index (κ2) is 6.91. The summed E-state index contributed by atoms with van der Waals surface area (Å²) in [7, 11) is 0. The quantitative estimate of drug-likeness (QED) is 0.500. The van der Waals surface area contributed by atoms with E-state index < -0.39 is 5.95 Å². The van der Waals surface area contributed by atoms with Gasteiger partial charge in [-0.2, -0.15) is 9.49 Å². The van der Waals surface area contributed by atoms with Crippen molar-refractivity contribution in [2.24, 2.45) is 5.10 Å². The second-order valence-electron chi connectivity index (χ2n) is 5.26. The van der Waals surface area contributed by atoms with Crippen LogP contribution in [0.5, 0.6) is 5.75 Å². The second-order valence-corrected chi connectivity index (χ2v) is 5.65. The van der Waals surface area contributed by atoms with E-state index in [1.165, 1.54) is 6.07 Å². The summed E-state index contributed by atoms with van der Waals surface area (Å²) in [5, 5.41) is 4.88. The molecule has 1 fully saturated rings. The molecule has 0 radical (unpaired) electrons. The standard InChI is InChI=1S/C15H18FN5OS/c1-2-20-6-8-21(9-7-20)15(23)19-18-11-5-10-22-12-3-4-13(16)17-14(11)12/h2-4H,1,5-10H2,(H,19,23)/b18-11-. The molecule has 3 heterocycles. The number of nitrogens with one attached hydrogen (secondary N) is 1. The van der Waals surface area contributed by atoms with Crippen LogP contribution in [0.3, 0.4) is 0 Å². The fraction of sp³-hybridized carbons (Fsp3) is 0.400. The van der Waals surface area contributed by atoms with Crippen LogP contribution in [0.4, 0.5) is 4.39 Å². The number of aromatic nitrogens is 1. The minimum atomic E-state index is -0.551. The summed E-state index contributed by atoms with van der Waals surface area (Å²) in [5.41, 5.74) is 3.98. The highest BCUT2D eigenvalue weighted by Gasteiger charge is 2.20. The molecule has 0 aliphatic carbocycles. The van der Waals surface area contributed by atoms with Gasteiger partial charge in [-0.05, 0) is 30.6 Å². The Bertz CT molecular complexity index is 643. The van der Waals surface area contributed by atoms with E-state index in [1.807, 2.05) is 6.20 Å². The first-order valence-corrected chi connectivity index (χ1v) is 7.86. The largest absolute Gasteiger partial charge is 0.491 e. The minimum Gasteiger partial charge on any atom is -0.491 e. The zero-order valence-corrected chi connectivity index (χ0v) is 13.5. The van der Waals surface area contributed by atoms with Gasteiger partial charge in [-0.25, -0.2) is 4.98 Å². The third-order valence-electron chi connectivity index (χ3n) is 3.84. The maximum absolute atomic E-state index is 13.3. The number of hydrazone groups is 1. The maximum Gasteiger partial charge on any atom is 0.213 e. The van der Waals surface area contributed by atoms with Crippen LogP contribution in [0.25, 0.3) is 0 Å². The van der Waals surface area contributed by atoms with Crippen LogP contribution in [0.15, 0.2) is 30.0 Å². The third kappa shape index (κ3) is 3.58. The molecule has 6 nitrogen and oxygen atoms in total. The zero-order chi connectivity index (χ0) is 16.2. The molecule has 1 aromatic rings. The lowest BCUT2D eigenvalue weighted by molar-refractivity contribution is 0.236. The Kier molecular flexibility index (Phi) is 4.71. The van der Waals surface area contributed by atoms with Gasteiger partial charge < -0.3 is 14.5 Å². The Labute approximate surface area is 139 Å². The fourth-order valence-corrected chi connectivity index (χ4v) is 2.75. The molecular formula is C15H18FN5OS. The van der Waals surface area contributed by atoms with Gasteiger partial charge in [0, 0.05) is 32.6 Å². The van der Waals surface area contributed by atoms with Crippen LogP contribution in [0, 0.1) is 5.95 Å². The monoisotopic (exact) mass is 335 g/mol. The lowest BCUT2D eigenvalue weighted by Crippen LogP contribution is -2.49. The lowest BCUT2D eigenvalue weighted by atomic mass is 10.1. The van der Waals surface area contributed by atoms with E-state index >= 15 is 0 Å². The normalized spacial score (nSPS) is 19.1. The molecule has 0 saturated carbocycles. The molecule has 23 heavy (non-hydrogen) atoms. The molecule has 0 amide bonds. The highest BCUT2D eigenvalue weighted by molar-refractivity contribution is 7.80. The van der Waals surface area contributed by atoms with Crippen LogP contribution >= 0.6 is 12.2 Å². The summed E-state index contributed by atoms with van der Waals surface area (Å²) < 4.78 is 18.8. The average molecular weight is 335 g/mol. The number of nitrogens with zero attached hydrogens (tertiary/aromatic N) is 4. The highest BCUT2D eigenvalue weighted by Crippen LogP contribution is 2.23. The van der Waals surface area contributed by atoms with E-state index in [2.05, 4.69) is 31.9 Å². The van der Waals surface area contributed by atoms with Gasteiger partial charge in [-0.1, -0.05) is 6.58 Å². The Morgan fingerprint density at radius 1 is 1.39 bits per heavy atom. The maximum atomic E-state index is 13.3. The van der Waals surface area contributed by atoms with Gasteiger partial charge in [0.25, 0.3) is 0 Å². The van der Waals surface area contributed by atoms with E-state index in [0.717, 1.165) is 26.2 Å². The van der Waals surface area contributed by atoms with Gasteiger partial charge in [0.1, 0.15) is 11.4 Å². The molecule has 0 bridgehead atoms. The molecule has 8 heteroatoms. The van der Waals surface area contributed by atoms with Crippen molar-refractivity contribution in [3.05, 3.63) is 36.6 Å². The Morgan fingerprint density at radius 3 is 2.91 bits per heavy atom. The first-order chi connectivity index (χ1) is 11.2. The molecule has 0 spiro atoms. The number of pyridine rings is 1. The van der Waals surface area contributed by atoms with Crippen molar-refractivity contribution in [3.8, 4) is 5.75 Å². The number of hydrogen-bond acceptors (Lipinski definition) is 5. The molecule has 1 N–H and O–H groups in total. The van der Waals surface area contributed by atoms with Gasteiger partial charge in [-0.15, -0.1) is 0 Å². The van der Waals surface area contributed by atoms with Crippen LogP contribution in [-0.2, 0) is 0 Å². The van der Waals surface area contributed by atoms with Crippen LogP contribution in [0.1, 0.15) is 12.1 Å². The van der Waals surface area contributed by atoms with E-state index in [-0.39, 0.29) is 0 Å².